The second kappa shape index (κ2) is 8.68. The number of carbonyl (C=O) groups excluding carboxylic acids is 2. The number of carbonyl (C=O) groups is 2. The quantitative estimate of drug-likeness (QED) is 0.717. The van der Waals surface area contributed by atoms with Crippen LogP contribution >= 0.6 is 11.6 Å². The summed E-state index contributed by atoms with van der Waals surface area (Å²) < 4.78 is 5.14. The van der Waals surface area contributed by atoms with Gasteiger partial charge in [0.05, 0.1) is 10.7 Å². The number of hydrogen-bond donors (Lipinski definition) is 3. The van der Waals surface area contributed by atoms with Crippen LogP contribution in [0.1, 0.15) is 27.7 Å². The van der Waals surface area contributed by atoms with E-state index in [0.717, 1.165) is 0 Å². The molecule has 0 radical (unpaired) electrons. The Morgan fingerprint density at radius 3 is 2.56 bits per heavy atom. The maximum atomic E-state index is 12.4. The van der Waals surface area contributed by atoms with Gasteiger partial charge in [-0.2, -0.15) is 0 Å². The third-order valence-corrected chi connectivity index (χ3v) is 3.39. The second-order valence-corrected chi connectivity index (χ2v) is 7.18. The summed E-state index contributed by atoms with van der Waals surface area (Å²) >= 11 is 5.83. The molecule has 8 nitrogen and oxygen atoms in total. The lowest BCUT2D eigenvalue weighted by Crippen LogP contribution is -2.44. The highest BCUT2D eigenvalue weighted by atomic mass is 35.5. The van der Waals surface area contributed by atoms with Crippen LogP contribution in [0, 0.1) is 0 Å². The van der Waals surface area contributed by atoms with Gasteiger partial charge >= 0.3 is 6.09 Å². The van der Waals surface area contributed by atoms with Gasteiger partial charge in [-0.05, 0) is 52.0 Å². The zero-order valence-corrected chi connectivity index (χ0v) is 16.3. The van der Waals surface area contributed by atoms with Crippen molar-refractivity contribution in [2.75, 3.05) is 10.6 Å². The van der Waals surface area contributed by atoms with Crippen molar-refractivity contribution in [2.45, 2.75) is 39.3 Å². The minimum absolute atomic E-state index is 0.303. The van der Waals surface area contributed by atoms with Crippen LogP contribution in [0.15, 0.2) is 36.7 Å². The monoisotopic (exact) mass is 391 g/mol. The molecule has 0 bridgehead atoms. The van der Waals surface area contributed by atoms with Crippen LogP contribution in [0.4, 0.5) is 22.1 Å². The van der Waals surface area contributed by atoms with Crippen LogP contribution in [0.5, 0.6) is 0 Å². The van der Waals surface area contributed by atoms with Crippen LogP contribution in [0.25, 0.3) is 0 Å². The summed E-state index contributed by atoms with van der Waals surface area (Å²) in [5, 5.41) is 8.73. The molecule has 0 spiro atoms. The number of aromatic nitrogens is 2. The predicted octanol–water partition coefficient (Wildman–Crippen LogP) is 3.73. The molecule has 144 valence electrons. The van der Waals surface area contributed by atoms with E-state index in [1.54, 1.807) is 58.2 Å². The van der Waals surface area contributed by atoms with Crippen molar-refractivity contribution in [1.29, 1.82) is 0 Å². The van der Waals surface area contributed by atoms with E-state index in [9.17, 15) is 9.59 Å². The van der Waals surface area contributed by atoms with Crippen LogP contribution < -0.4 is 16.0 Å². The molecule has 2 heterocycles. The number of rotatable bonds is 5. The molecule has 0 aliphatic rings. The SMILES string of the molecule is CC(NC(=O)OC(C)(C)C)C(=O)Nc1ncccc1Nc1ccc(Cl)cn1. The molecule has 9 heteroatoms. The molecule has 0 fully saturated rings. The third-order valence-electron chi connectivity index (χ3n) is 3.17. The molecule has 3 N–H and O–H groups in total. The standard InChI is InChI=1S/C18H22ClN5O3/c1-11(22-17(26)27-18(2,3)4)16(25)24-15-13(6-5-9-20-15)23-14-8-7-12(19)10-21-14/h5-11H,1-4H3,(H,21,23)(H,22,26)(H,20,24,25). The van der Waals surface area contributed by atoms with E-state index in [4.69, 9.17) is 16.3 Å². The fourth-order valence-corrected chi connectivity index (χ4v) is 2.08. The first-order valence-corrected chi connectivity index (χ1v) is 8.66. The van der Waals surface area contributed by atoms with Gasteiger partial charge in [-0.25, -0.2) is 14.8 Å². The molecular weight excluding hydrogens is 370 g/mol. The van der Waals surface area contributed by atoms with Crippen molar-refractivity contribution in [3.05, 3.63) is 41.7 Å². The Labute approximate surface area is 162 Å². The number of alkyl carbamates (subject to hydrolysis) is 1. The topological polar surface area (TPSA) is 105 Å². The molecule has 2 aromatic heterocycles. The minimum atomic E-state index is -0.816. The van der Waals surface area contributed by atoms with Crippen molar-refractivity contribution in [2.24, 2.45) is 0 Å². The van der Waals surface area contributed by atoms with Crippen LogP contribution in [-0.4, -0.2) is 33.6 Å². The van der Waals surface area contributed by atoms with E-state index in [1.165, 1.54) is 6.20 Å². The fourth-order valence-electron chi connectivity index (χ4n) is 1.97. The van der Waals surface area contributed by atoms with E-state index in [1.807, 2.05) is 0 Å². The number of amides is 2. The Morgan fingerprint density at radius 1 is 1.19 bits per heavy atom. The van der Waals surface area contributed by atoms with E-state index < -0.39 is 23.6 Å². The van der Waals surface area contributed by atoms with Gasteiger partial charge in [0.1, 0.15) is 17.5 Å². The first kappa shape index (κ1) is 20.4. The second-order valence-electron chi connectivity index (χ2n) is 6.74. The Kier molecular flexibility index (Phi) is 6.57. The van der Waals surface area contributed by atoms with Gasteiger partial charge in [-0.1, -0.05) is 11.6 Å². The molecular formula is C18H22ClN5O3. The number of nitrogens with one attached hydrogen (secondary N) is 3. The Balaban J connectivity index is 2.03. The highest BCUT2D eigenvalue weighted by Crippen LogP contribution is 2.22. The molecule has 2 amide bonds. The molecule has 0 saturated carbocycles. The maximum absolute atomic E-state index is 12.4. The number of nitrogens with zero attached hydrogens (tertiary/aromatic N) is 2. The molecule has 2 rings (SSSR count). The molecule has 0 aliphatic heterocycles. The summed E-state index contributed by atoms with van der Waals surface area (Å²) in [6.07, 6.45) is 2.38. The van der Waals surface area contributed by atoms with Gasteiger partial charge in [0.25, 0.3) is 0 Å². The normalized spacial score (nSPS) is 12.0. The summed E-state index contributed by atoms with van der Waals surface area (Å²) in [6.45, 7) is 6.78. The number of ether oxygens (including phenoxy) is 1. The van der Waals surface area contributed by atoms with Gasteiger partial charge in [0.2, 0.25) is 5.91 Å². The summed E-state index contributed by atoms with van der Waals surface area (Å²) in [5.41, 5.74) is -0.102. The van der Waals surface area contributed by atoms with Crippen LogP contribution in [-0.2, 0) is 9.53 Å². The number of hydrogen-bond acceptors (Lipinski definition) is 6. The largest absolute Gasteiger partial charge is 0.444 e. The fraction of sp³-hybridized carbons (Fsp3) is 0.333. The van der Waals surface area contributed by atoms with Gasteiger partial charge in [-0.3, -0.25) is 4.79 Å². The lowest BCUT2D eigenvalue weighted by Gasteiger charge is -2.21. The summed E-state index contributed by atoms with van der Waals surface area (Å²) in [5.74, 6) is 0.409. The molecule has 27 heavy (non-hydrogen) atoms. The average Bonchev–Trinajstić information content (AvgIpc) is 2.56. The van der Waals surface area contributed by atoms with Crippen molar-refractivity contribution in [3.8, 4) is 0 Å². The highest BCUT2D eigenvalue weighted by molar-refractivity contribution is 6.30. The van der Waals surface area contributed by atoms with E-state index in [2.05, 4.69) is 25.9 Å². The molecule has 0 aliphatic carbocycles. The molecule has 0 aromatic carbocycles. The van der Waals surface area contributed by atoms with Gasteiger partial charge in [-0.15, -0.1) is 0 Å². The summed E-state index contributed by atoms with van der Waals surface area (Å²) in [6, 6.07) is 6.04. The summed E-state index contributed by atoms with van der Waals surface area (Å²) in [4.78, 5) is 32.5. The lowest BCUT2D eigenvalue weighted by molar-refractivity contribution is -0.117. The Bertz CT molecular complexity index is 805. The van der Waals surface area contributed by atoms with Crippen molar-refractivity contribution >= 4 is 40.9 Å². The Morgan fingerprint density at radius 2 is 1.93 bits per heavy atom. The molecule has 1 atom stereocenters. The van der Waals surface area contributed by atoms with Gasteiger partial charge in [0.15, 0.2) is 5.82 Å². The zero-order chi connectivity index (χ0) is 20.0. The van der Waals surface area contributed by atoms with Crippen LogP contribution in [0.2, 0.25) is 5.02 Å². The highest BCUT2D eigenvalue weighted by Gasteiger charge is 2.21. The lowest BCUT2D eigenvalue weighted by atomic mass is 10.2. The molecule has 2 aromatic rings. The summed E-state index contributed by atoms with van der Waals surface area (Å²) in [7, 11) is 0. The average molecular weight is 392 g/mol. The first-order chi connectivity index (χ1) is 12.6. The van der Waals surface area contributed by atoms with Crippen molar-refractivity contribution in [3.63, 3.8) is 0 Å². The Hall–Kier alpha value is -2.87. The van der Waals surface area contributed by atoms with E-state index >= 15 is 0 Å². The van der Waals surface area contributed by atoms with Crippen molar-refractivity contribution < 1.29 is 14.3 Å². The molecule has 0 saturated heterocycles. The number of pyridine rings is 2. The van der Waals surface area contributed by atoms with Crippen LogP contribution in [0.3, 0.4) is 0 Å². The van der Waals surface area contributed by atoms with Gasteiger partial charge in [0, 0.05) is 12.4 Å². The van der Waals surface area contributed by atoms with Gasteiger partial charge < -0.3 is 20.7 Å². The number of anilines is 3. The number of halogens is 1. The first-order valence-electron chi connectivity index (χ1n) is 8.28. The third kappa shape index (κ3) is 6.74. The molecule has 1 unspecified atom stereocenters. The van der Waals surface area contributed by atoms with E-state index in [0.29, 0.717) is 22.3 Å². The zero-order valence-electron chi connectivity index (χ0n) is 15.5. The smallest absolute Gasteiger partial charge is 0.408 e. The maximum Gasteiger partial charge on any atom is 0.408 e. The predicted molar refractivity (Wildman–Crippen MR) is 104 cm³/mol. The van der Waals surface area contributed by atoms with Crippen molar-refractivity contribution in [1.82, 2.24) is 15.3 Å². The minimum Gasteiger partial charge on any atom is -0.444 e. The van der Waals surface area contributed by atoms with E-state index in [-0.39, 0.29) is 0 Å².